The van der Waals surface area contributed by atoms with Gasteiger partial charge in [-0.05, 0) is 52.4 Å². The minimum absolute atomic E-state index is 0.0266. The smallest absolute Gasteiger partial charge is 0.410 e. The molecule has 1 amide bonds. The zero-order valence-electron chi connectivity index (χ0n) is 36.2. The van der Waals surface area contributed by atoms with Gasteiger partial charge in [0.15, 0.2) is 0 Å². The van der Waals surface area contributed by atoms with E-state index >= 15 is 0 Å². The Morgan fingerprint density at radius 3 is 0.980 bits per heavy atom. The number of carbonyl (C=O) groups is 1. The van der Waals surface area contributed by atoms with Crippen molar-refractivity contribution in [3.8, 4) is 0 Å². The van der Waals surface area contributed by atoms with Crippen LogP contribution >= 0.6 is 0 Å². The van der Waals surface area contributed by atoms with Crippen LogP contribution in [0.15, 0.2) is 0 Å². The van der Waals surface area contributed by atoms with Gasteiger partial charge in [0.25, 0.3) is 0 Å². The highest BCUT2D eigenvalue weighted by molar-refractivity contribution is 5.70. The van der Waals surface area contributed by atoms with Crippen LogP contribution in [0.2, 0.25) is 0 Å². The van der Waals surface area contributed by atoms with Crippen molar-refractivity contribution in [3.63, 3.8) is 0 Å². The first-order chi connectivity index (χ1) is 24.8. The lowest BCUT2D eigenvalue weighted by Crippen LogP contribution is -2.66. The fourth-order valence-electron chi connectivity index (χ4n) is 8.92. The van der Waals surface area contributed by atoms with Gasteiger partial charge in [0.1, 0.15) is 5.60 Å². The lowest BCUT2D eigenvalue weighted by molar-refractivity contribution is -0.0774. The minimum Gasteiger partial charge on any atom is -0.444 e. The van der Waals surface area contributed by atoms with Crippen LogP contribution in [0.1, 0.15) is 279 Å². The van der Waals surface area contributed by atoms with Crippen molar-refractivity contribution in [2.75, 3.05) is 6.54 Å². The molecule has 0 spiro atoms. The fourth-order valence-corrected chi connectivity index (χ4v) is 8.92. The largest absolute Gasteiger partial charge is 0.444 e. The van der Waals surface area contributed by atoms with Crippen LogP contribution < -0.4 is 0 Å². The Morgan fingerprint density at radius 2 is 0.765 bits per heavy atom. The summed E-state index contributed by atoms with van der Waals surface area (Å²) in [5.41, 5.74) is -0.397. The maximum absolute atomic E-state index is 13.1. The molecule has 0 bridgehead atoms. The van der Waals surface area contributed by atoms with Crippen molar-refractivity contribution in [1.82, 2.24) is 4.90 Å². The van der Waals surface area contributed by atoms with Crippen molar-refractivity contribution >= 4 is 6.09 Å². The molecule has 0 saturated carbocycles. The van der Waals surface area contributed by atoms with Gasteiger partial charge in [0, 0.05) is 6.54 Å². The molecule has 1 aliphatic heterocycles. The first-order valence-corrected chi connectivity index (χ1v) is 23.8. The van der Waals surface area contributed by atoms with Crippen molar-refractivity contribution in [3.05, 3.63) is 0 Å². The molecule has 3 nitrogen and oxygen atoms in total. The molecule has 304 valence electrons. The summed E-state index contributed by atoms with van der Waals surface area (Å²) in [5.74, 6) is 0.620. The molecule has 1 rings (SSSR count). The second kappa shape index (κ2) is 32.7. The Kier molecular flexibility index (Phi) is 30.9. The van der Waals surface area contributed by atoms with E-state index in [0.717, 1.165) is 19.4 Å². The van der Waals surface area contributed by atoms with Gasteiger partial charge in [-0.3, -0.25) is 0 Å². The Morgan fingerprint density at radius 1 is 0.490 bits per heavy atom. The molecule has 0 radical (unpaired) electrons. The fraction of sp³-hybridized carbons (Fsp3) is 0.979. The quantitative estimate of drug-likeness (QED) is 0.0599. The maximum Gasteiger partial charge on any atom is 0.410 e. The number of rotatable bonds is 37. The predicted molar refractivity (Wildman–Crippen MR) is 227 cm³/mol. The summed E-state index contributed by atoms with van der Waals surface area (Å²) in [6, 6.07) is 0. The van der Waals surface area contributed by atoms with E-state index in [9.17, 15) is 4.79 Å². The molecule has 0 N–H and O–H groups in total. The summed E-state index contributed by atoms with van der Waals surface area (Å²) in [6.45, 7) is 13.8. The summed E-state index contributed by atoms with van der Waals surface area (Å²) in [6.07, 6.45) is 51.9. The molecule has 3 heteroatoms. The van der Waals surface area contributed by atoms with Gasteiger partial charge in [-0.2, -0.15) is 0 Å². The van der Waals surface area contributed by atoms with Gasteiger partial charge in [-0.1, -0.05) is 233 Å². The van der Waals surface area contributed by atoms with Crippen LogP contribution in [-0.2, 0) is 4.74 Å². The number of likely N-dealkylation sites (tertiary alicyclic amines) is 1. The van der Waals surface area contributed by atoms with Crippen LogP contribution in [0, 0.1) is 5.92 Å². The van der Waals surface area contributed by atoms with Crippen LogP contribution in [0.3, 0.4) is 0 Å². The van der Waals surface area contributed by atoms with E-state index in [4.69, 9.17) is 4.74 Å². The third kappa shape index (κ3) is 25.1. The van der Waals surface area contributed by atoms with E-state index in [2.05, 4.69) is 25.7 Å². The summed E-state index contributed by atoms with van der Waals surface area (Å²) < 4.78 is 5.86. The monoisotopic (exact) mass is 718 g/mol. The van der Waals surface area contributed by atoms with E-state index in [1.165, 1.54) is 225 Å². The first kappa shape index (κ1) is 48.3. The number of hydrogen-bond acceptors (Lipinski definition) is 2. The summed E-state index contributed by atoms with van der Waals surface area (Å²) in [7, 11) is 0. The third-order valence-electron chi connectivity index (χ3n) is 12.4. The Bertz CT molecular complexity index is 755. The van der Waals surface area contributed by atoms with Crippen molar-refractivity contribution in [2.45, 2.75) is 290 Å². The molecule has 2 atom stereocenters. The Balaban J connectivity index is 2.01. The molecule has 2 unspecified atom stereocenters. The number of carbonyl (C=O) groups excluding carboxylic acids is 1. The van der Waals surface area contributed by atoms with Gasteiger partial charge < -0.3 is 9.64 Å². The van der Waals surface area contributed by atoms with E-state index in [0.29, 0.717) is 5.92 Å². The molecule has 1 saturated heterocycles. The van der Waals surface area contributed by atoms with E-state index in [1.54, 1.807) is 0 Å². The zero-order valence-corrected chi connectivity index (χ0v) is 36.2. The molecule has 1 heterocycles. The lowest BCUT2D eigenvalue weighted by Gasteiger charge is -2.56. The van der Waals surface area contributed by atoms with Crippen LogP contribution in [0.25, 0.3) is 0 Å². The number of nitrogens with zero attached hydrogens (tertiary/aromatic N) is 1. The standard InChI is InChI=1S/C48H95NO2/c1-7-10-12-14-15-16-17-18-19-20-21-22-23-24-25-26-27-28-29-30-31-32-33-34-35-36-38-40-42-45(41-39-37-13-11-8-2)48(9-3)43-44-49(48)46(50)51-47(4,5)6/h45H,7-44H2,1-6H3. The molecule has 1 fully saturated rings. The molecular formula is C48H95NO2. The van der Waals surface area contributed by atoms with Gasteiger partial charge in [-0.25, -0.2) is 4.79 Å². The highest BCUT2D eigenvalue weighted by atomic mass is 16.6. The topological polar surface area (TPSA) is 29.5 Å². The highest BCUT2D eigenvalue weighted by Gasteiger charge is 2.51. The summed E-state index contributed by atoms with van der Waals surface area (Å²) >= 11 is 0. The Labute approximate surface area is 322 Å². The second-order valence-electron chi connectivity index (χ2n) is 18.1. The van der Waals surface area contributed by atoms with E-state index in [-0.39, 0.29) is 11.6 Å². The zero-order chi connectivity index (χ0) is 37.3. The van der Waals surface area contributed by atoms with Gasteiger partial charge in [0.05, 0.1) is 5.54 Å². The molecule has 51 heavy (non-hydrogen) atoms. The van der Waals surface area contributed by atoms with Gasteiger partial charge in [0.2, 0.25) is 0 Å². The van der Waals surface area contributed by atoms with Crippen LogP contribution in [-0.4, -0.2) is 28.7 Å². The predicted octanol–water partition coefficient (Wildman–Crippen LogP) is 17.1. The van der Waals surface area contributed by atoms with E-state index < -0.39 is 5.60 Å². The van der Waals surface area contributed by atoms with E-state index in [1.807, 2.05) is 20.8 Å². The maximum atomic E-state index is 13.1. The minimum atomic E-state index is -0.424. The number of amides is 1. The first-order valence-electron chi connectivity index (χ1n) is 23.8. The van der Waals surface area contributed by atoms with Crippen molar-refractivity contribution in [1.29, 1.82) is 0 Å². The summed E-state index contributed by atoms with van der Waals surface area (Å²) in [4.78, 5) is 15.3. The highest BCUT2D eigenvalue weighted by Crippen LogP contribution is 2.45. The van der Waals surface area contributed by atoms with Crippen LogP contribution in [0.5, 0.6) is 0 Å². The number of ether oxygens (including phenoxy) is 1. The number of unbranched alkanes of at least 4 members (excludes halogenated alkanes) is 31. The molecule has 0 aromatic rings. The van der Waals surface area contributed by atoms with Gasteiger partial charge in [-0.15, -0.1) is 0 Å². The average Bonchev–Trinajstić information content (AvgIpc) is 3.08. The lowest BCUT2D eigenvalue weighted by atomic mass is 9.68. The Hall–Kier alpha value is -0.730. The number of hydrogen-bond donors (Lipinski definition) is 0. The molecule has 0 aromatic carbocycles. The molecule has 0 aliphatic carbocycles. The summed E-state index contributed by atoms with van der Waals surface area (Å²) in [5, 5.41) is 0. The molecular weight excluding hydrogens is 623 g/mol. The second-order valence-corrected chi connectivity index (χ2v) is 18.1. The third-order valence-corrected chi connectivity index (χ3v) is 12.4. The molecule has 0 aromatic heterocycles. The van der Waals surface area contributed by atoms with Crippen LogP contribution in [0.4, 0.5) is 4.79 Å². The molecule has 1 aliphatic rings. The normalized spacial score (nSPS) is 16.8. The average molecular weight is 718 g/mol. The van der Waals surface area contributed by atoms with Gasteiger partial charge >= 0.3 is 6.09 Å². The van der Waals surface area contributed by atoms with Crippen molar-refractivity contribution < 1.29 is 9.53 Å². The SMILES string of the molecule is CCCCCCCCCCCCCCCCCCCCCCCCCCCCCCC(CCCCCCC)C1(CC)CCN1C(=O)OC(C)(C)C. The van der Waals surface area contributed by atoms with Crippen molar-refractivity contribution in [2.24, 2.45) is 5.92 Å².